The predicted octanol–water partition coefficient (Wildman–Crippen LogP) is 5.68. The van der Waals surface area contributed by atoms with Crippen LogP contribution in [0.2, 0.25) is 0 Å². The summed E-state index contributed by atoms with van der Waals surface area (Å²) in [4.78, 5) is 41.7. The van der Waals surface area contributed by atoms with Crippen molar-refractivity contribution in [2.24, 2.45) is 5.28 Å². The van der Waals surface area contributed by atoms with E-state index in [1.807, 2.05) is 72.8 Å². The number of pyridine rings is 2. The first-order valence-corrected chi connectivity index (χ1v) is 19.7. The molecule has 0 unspecified atom stereocenters. The molecule has 59 heavy (non-hydrogen) atoms. The number of fused-ring (bicyclic) bond motifs is 3. The van der Waals surface area contributed by atoms with Crippen LogP contribution < -0.4 is 4.90 Å². The van der Waals surface area contributed by atoms with Crippen molar-refractivity contribution in [1.82, 2.24) is 29.1 Å². The van der Waals surface area contributed by atoms with E-state index in [0.29, 0.717) is 5.56 Å². The summed E-state index contributed by atoms with van der Waals surface area (Å²) >= 11 is 0. The molecule has 1 amide bonds. The molecule has 1 aliphatic rings. The lowest BCUT2D eigenvalue weighted by atomic mass is 9.98. The van der Waals surface area contributed by atoms with Gasteiger partial charge in [-0.25, -0.2) is 22.9 Å². The van der Waals surface area contributed by atoms with E-state index in [0.717, 1.165) is 37.9 Å². The highest BCUT2D eigenvalue weighted by atomic mass is 32.2. The van der Waals surface area contributed by atoms with Gasteiger partial charge in [0, 0.05) is 37.3 Å². The molecule has 0 bridgehead atoms. The summed E-state index contributed by atoms with van der Waals surface area (Å²) < 4.78 is 42.2. The third-order valence-corrected chi connectivity index (χ3v) is 11.1. The van der Waals surface area contributed by atoms with E-state index < -0.39 is 35.4 Å². The number of sulfonamides is 1. The molecule has 0 radical (unpaired) electrons. The van der Waals surface area contributed by atoms with Crippen LogP contribution in [0.5, 0.6) is 0 Å². The minimum atomic E-state index is -4.13. The SMILES string of the molecule is CN(C)/[N+]([O-])=N\OCOC(=O)CN(C(=O)OCC1c2ccccc2-c2ccccc21)c1cccc(CN(Cc2ccc(-n3cccn3)cc2)S(=O)(=O)c2cccnc2)n1. The summed E-state index contributed by atoms with van der Waals surface area (Å²) in [6.07, 6.45) is 5.30. The number of esters is 1. The van der Waals surface area contributed by atoms with Gasteiger partial charge in [0.15, 0.2) is 0 Å². The molecule has 0 spiro atoms. The zero-order chi connectivity index (χ0) is 41.4. The second-order valence-corrected chi connectivity index (χ2v) is 15.3. The quantitative estimate of drug-likeness (QED) is 0.0291. The van der Waals surface area contributed by atoms with Gasteiger partial charge in [0.1, 0.15) is 23.9 Å². The summed E-state index contributed by atoms with van der Waals surface area (Å²) in [6, 6.07) is 32.5. The van der Waals surface area contributed by atoms with Crippen LogP contribution in [0.25, 0.3) is 16.8 Å². The highest BCUT2D eigenvalue weighted by Gasteiger charge is 2.32. The number of rotatable bonds is 16. The molecular formula is C41H39N9O8S. The number of anilines is 1. The van der Waals surface area contributed by atoms with Crippen molar-refractivity contribution in [1.29, 1.82) is 0 Å². The highest BCUT2D eigenvalue weighted by Crippen LogP contribution is 2.44. The maximum Gasteiger partial charge on any atom is 0.416 e. The second kappa shape index (κ2) is 18.0. The van der Waals surface area contributed by atoms with Gasteiger partial charge in [0.25, 0.3) is 6.79 Å². The minimum Gasteiger partial charge on any atom is -0.569 e. The first kappa shape index (κ1) is 40.0. The van der Waals surface area contributed by atoms with Crippen molar-refractivity contribution < 1.29 is 37.3 Å². The van der Waals surface area contributed by atoms with Gasteiger partial charge in [-0.3, -0.25) is 14.7 Å². The molecule has 3 heterocycles. The Morgan fingerprint density at radius 2 is 1.58 bits per heavy atom. The lowest BCUT2D eigenvalue weighted by Crippen LogP contribution is -2.38. The topological polar surface area (TPSA) is 188 Å². The van der Waals surface area contributed by atoms with E-state index in [4.69, 9.17) is 14.3 Å². The van der Waals surface area contributed by atoms with Crippen molar-refractivity contribution in [2.45, 2.75) is 23.9 Å². The Labute approximate surface area is 339 Å². The van der Waals surface area contributed by atoms with E-state index in [9.17, 15) is 23.2 Å². The Morgan fingerprint density at radius 1 is 0.847 bits per heavy atom. The number of nitrogens with zero attached hydrogens (tertiary/aromatic N) is 9. The minimum absolute atomic E-state index is 0.0112. The van der Waals surface area contributed by atoms with Crippen molar-refractivity contribution in [3.63, 3.8) is 0 Å². The van der Waals surface area contributed by atoms with Gasteiger partial charge >= 0.3 is 12.1 Å². The largest absolute Gasteiger partial charge is 0.569 e. The Bertz CT molecular complexity index is 2490. The molecule has 0 N–H and O–H groups in total. The molecular weight excluding hydrogens is 779 g/mol. The molecule has 0 aliphatic heterocycles. The number of carbonyl (C=O) groups is 2. The summed E-state index contributed by atoms with van der Waals surface area (Å²) in [5.41, 5.74) is 5.80. The molecule has 0 saturated carbocycles. The molecule has 1 aliphatic carbocycles. The lowest BCUT2D eigenvalue weighted by molar-refractivity contribution is -0.700. The maximum atomic E-state index is 14.1. The molecule has 6 aromatic rings. The Balaban J connectivity index is 1.15. The summed E-state index contributed by atoms with van der Waals surface area (Å²) in [7, 11) is -1.25. The van der Waals surface area contributed by atoms with Crippen molar-refractivity contribution in [3.8, 4) is 16.8 Å². The standard InChI is InChI=1S/C41H39N9O8S/c1-46(2)50(53)45-58-29-57-40(51)27-48(41(52)56-28-38-36-14-5-3-12-34(36)35-13-4-6-15-37(35)38)39-16-7-10-31(44-39)26-47(59(54,55)33-11-8-21-42-24-33)25-30-17-19-32(20-18-30)49-23-9-22-43-49/h3-24,38H,25-29H2,1-2H3/b50-45+. The molecule has 3 aromatic carbocycles. The number of hydrazine groups is 1. The molecule has 0 fully saturated rings. The van der Waals surface area contributed by atoms with E-state index in [2.05, 4.69) is 20.3 Å². The molecule has 18 heteroatoms. The first-order chi connectivity index (χ1) is 28.6. The Hall–Kier alpha value is -7.18. The fourth-order valence-corrected chi connectivity index (χ4v) is 7.83. The number of hydrogen-bond acceptors (Lipinski definition) is 12. The molecule has 7 rings (SSSR count). The van der Waals surface area contributed by atoms with Gasteiger partial charge in [0.2, 0.25) is 15.3 Å². The van der Waals surface area contributed by atoms with Gasteiger partial charge in [-0.05, 0) is 70.3 Å². The summed E-state index contributed by atoms with van der Waals surface area (Å²) in [5.74, 6) is -1.22. The van der Waals surface area contributed by atoms with Gasteiger partial charge in [-0.2, -0.15) is 14.4 Å². The third-order valence-electron chi connectivity index (χ3n) is 9.33. The van der Waals surface area contributed by atoms with Crippen LogP contribution in [0, 0.1) is 5.21 Å². The second-order valence-electron chi connectivity index (χ2n) is 13.4. The monoisotopic (exact) mass is 817 g/mol. The average molecular weight is 818 g/mol. The van der Waals surface area contributed by atoms with Crippen LogP contribution in [0.3, 0.4) is 0 Å². The summed E-state index contributed by atoms with van der Waals surface area (Å²) in [5, 5.41) is 20.3. The van der Waals surface area contributed by atoms with Crippen LogP contribution in [-0.2, 0) is 42.2 Å². The number of benzene rings is 3. The van der Waals surface area contributed by atoms with Gasteiger partial charge in [0.05, 0.1) is 37.0 Å². The van der Waals surface area contributed by atoms with Crippen molar-refractivity contribution >= 4 is 27.9 Å². The van der Waals surface area contributed by atoms with E-state index in [-0.39, 0.29) is 47.0 Å². The first-order valence-electron chi connectivity index (χ1n) is 18.3. The Morgan fingerprint density at radius 3 is 2.24 bits per heavy atom. The van der Waals surface area contributed by atoms with Gasteiger partial charge in [-0.1, -0.05) is 66.7 Å². The summed E-state index contributed by atoms with van der Waals surface area (Å²) in [6.45, 7) is -1.71. The van der Waals surface area contributed by atoms with Crippen LogP contribution in [0.15, 0.2) is 144 Å². The normalized spacial score (nSPS) is 12.4. The van der Waals surface area contributed by atoms with Crippen LogP contribution in [0.4, 0.5) is 10.6 Å². The van der Waals surface area contributed by atoms with Crippen LogP contribution >= 0.6 is 0 Å². The predicted molar refractivity (Wildman–Crippen MR) is 213 cm³/mol. The fourth-order valence-electron chi connectivity index (χ4n) is 6.46. The number of ether oxygens (including phenoxy) is 2. The molecule has 302 valence electrons. The molecule has 0 saturated heterocycles. The zero-order valence-electron chi connectivity index (χ0n) is 32.0. The average Bonchev–Trinajstić information content (AvgIpc) is 3.91. The van der Waals surface area contributed by atoms with Crippen LogP contribution in [-0.4, -0.2) is 88.6 Å². The van der Waals surface area contributed by atoms with Crippen molar-refractivity contribution in [3.05, 3.63) is 162 Å². The lowest BCUT2D eigenvalue weighted by Gasteiger charge is -2.24. The third kappa shape index (κ3) is 9.35. The fraction of sp³-hybridized carbons (Fsp3) is 0.195. The van der Waals surface area contributed by atoms with E-state index in [1.54, 1.807) is 35.3 Å². The number of amides is 1. The number of hydrogen-bond donors (Lipinski definition) is 0. The zero-order valence-corrected chi connectivity index (χ0v) is 32.8. The van der Waals surface area contributed by atoms with E-state index >= 15 is 0 Å². The van der Waals surface area contributed by atoms with Gasteiger partial charge in [-0.15, -0.1) is 0 Å². The number of carbonyl (C=O) groups excluding carboxylic acids is 2. The highest BCUT2D eigenvalue weighted by molar-refractivity contribution is 7.89. The number of aromatic nitrogens is 4. The maximum absolute atomic E-state index is 14.1. The van der Waals surface area contributed by atoms with E-state index in [1.165, 1.54) is 49.0 Å². The van der Waals surface area contributed by atoms with Crippen molar-refractivity contribution in [2.75, 3.05) is 38.9 Å². The molecule has 0 atom stereocenters. The molecule has 17 nitrogen and oxygen atoms in total. The van der Waals surface area contributed by atoms with Gasteiger partial charge < -0.3 is 19.5 Å². The smallest absolute Gasteiger partial charge is 0.416 e. The van der Waals surface area contributed by atoms with Crippen LogP contribution in [0.1, 0.15) is 28.3 Å². The Kier molecular flexibility index (Phi) is 12.2. The molecule has 3 aromatic heterocycles.